The number of rotatable bonds is 4. The second-order valence-electron chi connectivity index (χ2n) is 10.0. The molecule has 3 aliphatic rings. The molecule has 1 fully saturated rings. The Balaban J connectivity index is 1.71. The van der Waals surface area contributed by atoms with E-state index < -0.39 is 89.2 Å². The number of carbonyl (C=O) groups excluding carboxylic acids is 3. The quantitative estimate of drug-likeness (QED) is 0.368. The predicted molar refractivity (Wildman–Crippen MR) is 127 cm³/mol. The number of alkyl halides is 1. The lowest BCUT2D eigenvalue weighted by atomic mass is 9.72. The summed E-state index contributed by atoms with van der Waals surface area (Å²) in [6.45, 7) is 2.72. The van der Waals surface area contributed by atoms with Gasteiger partial charge in [-0.15, -0.1) is 0 Å². The molecule has 10 nitrogen and oxygen atoms in total. The molecular formula is C27H27FO10. The van der Waals surface area contributed by atoms with Crippen LogP contribution in [0.4, 0.5) is 4.39 Å². The van der Waals surface area contributed by atoms with E-state index in [9.17, 15) is 39.2 Å². The minimum absolute atomic E-state index is 0.0110. The standard InChI is InChI=1S/C27H27FO10/c1-10-7-14(30)21(28)26(37-10)38-16-9-27(35,11(2)29)8-13-18(16)25(34)20-19(23(13)32)22(31)12-5-4-6-15(36-3)17(12)24(20)33/h4-6,10,14,16,21,26,30,32,34-35H,7-9H2,1-3H3/t10-,14+,16-,21+,26-,27-/m0/s1. The summed E-state index contributed by atoms with van der Waals surface area (Å²) in [7, 11) is 1.31. The number of ether oxygens (including phenoxy) is 3. The number of aliphatic hydroxyl groups excluding tert-OH is 1. The van der Waals surface area contributed by atoms with Crippen molar-refractivity contribution in [1.82, 2.24) is 0 Å². The molecule has 11 heteroatoms. The maximum Gasteiger partial charge on any atom is 0.202 e. The van der Waals surface area contributed by atoms with Crippen LogP contribution in [0.3, 0.4) is 0 Å². The molecule has 1 heterocycles. The first-order chi connectivity index (χ1) is 17.9. The van der Waals surface area contributed by atoms with E-state index >= 15 is 0 Å². The number of phenols is 2. The number of aromatic hydroxyl groups is 2. The Morgan fingerprint density at radius 2 is 1.82 bits per heavy atom. The first-order valence-corrected chi connectivity index (χ1v) is 12.1. The van der Waals surface area contributed by atoms with Crippen LogP contribution in [0.2, 0.25) is 0 Å². The molecule has 1 aliphatic heterocycles. The lowest BCUT2D eigenvalue weighted by molar-refractivity contribution is -0.268. The number of aliphatic hydroxyl groups is 2. The van der Waals surface area contributed by atoms with Crippen molar-refractivity contribution in [3.8, 4) is 17.2 Å². The fourth-order valence-corrected chi connectivity index (χ4v) is 5.58. The van der Waals surface area contributed by atoms with Gasteiger partial charge in [-0.25, -0.2) is 4.39 Å². The highest BCUT2D eigenvalue weighted by Gasteiger charge is 2.50. The number of hydrogen-bond acceptors (Lipinski definition) is 10. The first kappa shape index (κ1) is 26.2. The van der Waals surface area contributed by atoms with Gasteiger partial charge in [0, 0.05) is 36.0 Å². The Kier molecular flexibility index (Phi) is 6.30. The average molecular weight is 531 g/mol. The number of fused-ring (bicyclic) bond motifs is 3. The molecular weight excluding hydrogens is 503 g/mol. The van der Waals surface area contributed by atoms with Crippen molar-refractivity contribution >= 4 is 17.3 Å². The highest BCUT2D eigenvalue weighted by molar-refractivity contribution is 6.31. The molecule has 4 N–H and O–H groups in total. The average Bonchev–Trinajstić information content (AvgIpc) is 2.86. The zero-order chi connectivity index (χ0) is 27.7. The van der Waals surface area contributed by atoms with Crippen LogP contribution in [-0.4, -0.2) is 75.2 Å². The molecule has 0 amide bonds. The van der Waals surface area contributed by atoms with Crippen LogP contribution in [0.25, 0.3) is 0 Å². The zero-order valence-corrected chi connectivity index (χ0v) is 20.9. The van der Waals surface area contributed by atoms with Crippen molar-refractivity contribution in [1.29, 1.82) is 0 Å². The molecule has 0 bridgehead atoms. The van der Waals surface area contributed by atoms with Gasteiger partial charge in [0.1, 0.15) is 22.8 Å². The molecule has 202 valence electrons. The van der Waals surface area contributed by atoms with Crippen molar-refractivity contribution in [2.24, 2.45) is 0 Å². The van der Waals surface area contributed by atoms with Crippen molar-refractivity contribution in [2.45, 2.75) is 69.5 Å². The first-order valence-electron chi connectivity index (χ1n) is 12.1. The number of halogens is 1. The second-order valence-corrected chi connectivity index (χ2v) is 10.0. The maximum atomic E-state index is 14.9. The predicted octanol–water partition coefficient (Wildman–Crippen LogP) is 2.04. The highest BCUT2D eigenvalue weighted by atomic mass is 19.1. The molecule has 0 spiro atoms. The normalized spacial score (nSPS) is 30.3. The van der Waals surface area contributed by atoms with Crippen LogP contribution in [0.15, 0.2) is 18.2 Å². The summed E-state index contributed by atoms with van der Waals surface area (Å²) in [6, 6.07) is 4.34. The molecule has 0 saturated carbocycles. The molecule has 38 heavy (non-hydrogen) atoms. The molecule has 2 aromatic carbocycles. The number of Topliss-reactive ketones (excluding diaryl/α,β-unsaturated/α-hetero) is 1. The van der Waals surface area contributed by atoms with Crippen molar-refractivity contribution in [3.05, 3.63) is 51.6 Å². The van der Waals surface area contributed by atoms with Crippen molar-refractivity contribution in [3.63, 3.8) is 0 Å². The van der Waals surface area contributed by atoms with Gasteiger partial charge in [0.25, 0.3) is 0 Å². The Hall–Kier alpha value is -3.38. The Morgan fingerprint density at radius 3 is 2.47 bits per heavy atom. The van der Waals surface area contributed by atoms with Crippen LogP contribution in [0.1, 0.15) is 75.8 Å². The molecule has 6 atom stereocenters. The third-order valence-corrected chi connectivity index (χ3v) is 7.60. The minimum Gasteiger partial charge on any atom is -0.507 e. The number of hydrogen-bond donors (Lipinski definition) is 4. The Bertz CT molecular complexity index is 1370. The monoisotopic (exact) mass is 530 g/mol. The summed E-state index contributed by atoms with van der Waals surface area (Å²) in [5.41, 5.74) is -3.63. The van der Waals surface area contributed by atoms with E-state index in [2.05, 4.69) is 0 Å². The van der Waals surface area contributed by atoms with Crippen LogP contribution < -0.4 is 4.74 Å². The molecule has 1 saturated heterocycles. The Labute approximate surface area is 216 Å². The highest BCUT2D eigenvalue weighted by Crippen LogP contribution is 2.52. The third-order valence-electron chi connectivity index (χ3n) is 7.60. The third kappa shape index (κ3) is 3.80. The zero-order valence-electron chi connectivity index (χ0n) is 20.9. The smallest absolute Gasteiger partial charge is 0.202 e. The lowest BCUT2D eigenvalue weighted by Crippen LogP contribution is -2.49. The van der Waals surface area contributed by atoms with Gasteiger partial charge in [-0.1, -0.05) is 12.1 Å². The van der Waals surface area contributed by atoms with Gasteiger partial charge in [0.2, 0.25) is 5.78 Å². The number of methoxy groups -OCH3 is 1. The van der Waals surface area contributed by atoms with E-state index in [1.54, 1.807) is 6.92 Å². The van der Waals surface area contributed by atoms with E-state index in [0.717, 1.165) is 6.92 Å². The summed E-state index contributed by atoms with van der Waals surface area (Å²) in [4.78, 5) is 39.5. The Morgan fingerprint density at radius 1 is 1.13 bits per heavy atom. The van der Waals surface area contributed by atoms with Gasteiger partial charge < -0.3 is 34.6 Å². The van der Waals surface area contributed by atoms with E-state index in [4.69, 9.17) is 14.2 Å². The fraction of sp³-hybridized carbons (Fsp3) is 0.444. The van der Waals surface area contributed by atoms with E-state index in [1.807, 2.05) is 0 Å². The van der Waals surface area contributed by atoms with Crippen molar-refractivity contribution in [2.75, 3.05) is 7.11 Å². The molecule has 0 unspecified atom stereocenters. The summed E-state index contributed by atoms with van der Waals surface area (Å²) < 4.78 is 31.4. The maximum absolute atomic E-state index is 14.9. The molecule has 0 radical (unpaired) electrons. The van der Waals surface area contributed by atoms with Gasteiger partial charge in [-0.2, -0.15) is 0 Å². The van der Waals surface area contributed by atoms with Crippen LogP contribution >= 0.6 is 0 Å². The summed E-state index contributed by atoms with van der Waals surface area (Å²) in [5.74, 6) is -3.59. The van der Waals surface area contributed by atoms with E-state index in [-0.39, 0.29) is 34.4 Å². The molecule has 0 aromatic heterocycles. The minimum atomic E-state index is -2.11. The molecule has 5 rings (SSSR count). The fourth-order valence-electron chi connectivity index (χ4n) is 5.58. The van der Waals surface area contributed by atoms with Gasteiger partial charge in [0.05, 0.1) is 42.1 Å². The van der Waals surface area contributed by atoms with Gasteiger partial charge in [-0.3, -0.25) is 14.4 Å². The van der Waals surface area contributed by atoms with Gasteiger partial charge in [-0.05, 0) is 19.9 Å². The number of benzene rings is 2. The second kappa shape index (κ2) is 9.12. The number of ketones is 3. The largest absolute Gasteiger partial charge is 0.507 e. The van der Waals surface area contributed by atoms with Gasteiger partial charge in [0.15, 0.2) is 24.0 Å². The molecule has 2 aromatic rings. The van der Waals surface area contributed by atoms with Crippen LogP contribution in [0.5, 0.6) is 17.2 Å². The number of phenolic OH excluding ortho intramolecular Hbond substituents is 2. The van der Waals surface area contributed by atoms with Gasteiger partial charge >= 0.3 is 0 Å². The number of carbonyl (C=O) groups is 3. The van der Waals surface area contributed by atoms with E-state index in [0.29, 0.717) is 0 Å². The summed E-state index contributed by atoms with van der Waals surface area (Å²) >= 11 is 0. The van der Waals surface area contributed by atoms with Crippen LogP contribution in [-0.2, 0) is 20.7 Å². The van der Waals surface area contributed by atoms with Crippen LogP contribution in [0, 0.1) is 0 Å². The summed E-state index contributed by atoms with van der Waals surface area (Å²) in [6.07, 6.45) is -8.05. The van der Waals surface area contributed by atoms with Crippen molar-refractivity contribution < 1.29 is 53.4 Å². The SMILES string of the molecule is COc1cccc2c1C(=O)c1c(O)c3c(c(O)c1C2=O)C[C@@](O)(C(C)=O)C[C@@H]3O[C@@H]1O[C@@H](C)C[C@@H](O)[C@H]1F. The molecule has 2 aliphatic carbocycles. The topological polar surface area (TPSA) is 160 Å². The van der Waals surface area contributed by atoms with E-state index in [1.165, 1.54) is 25.3 Å². The lowest BCUT2D eigenvalue weighted by Gasteiger charge is -2.41. The summed E-state index contributed by atoms with van der Waals surface area (Å²) in [5, 5.41) is 43.9.